The standard InChI is InChI=1S/C20H21ClN2O6S/c1-13-12-30(26,27)23(20(13)25)14-3-8-18(21)17(11-14)19(24)22-9-10-29-16-6-4-15(28-2)5-7-16/h3-8,11,13H,9-10,12H2,1-2H3,(H,22,24). The Morgan fingerprint density at radius 1 is 1.20 bits per heavy atom. The van der Waals surface area contributed by atoms with E-state index in [2.05, 4.69) is 5.32 Å². The van der Waals surface area contributed by atoms with E-state index in [1.54, 1.807) is 38.3 Å². The number of nitrogens with zero attached hydrogens (tertiary/aromatic N) is 1. The molecule has 0 saturated carbocycles. The summed E-state index contributed by atoms with van der Waals surface area (Å²) in [6, 6.07) is 11.1. The third-order valence-electron chi connectivity index (χ3n) is 4.51. The number of rotatable bonds is 7. The Hall–Kier alpha value is -2.78. The van der Waals surface area contributed by atoms with Gasteiger partial charge in [-0.3, -0.25) is 9.59 Å². The first-order chi connectivity index (χ1) is 14.2. The van der Waals surface area contributed by atoms with Gasteiger partial charge in [0.25, 0.3) is 5.91 Å². The fourth-order valence-corrected chi connectivity index (χ4v) is 5.02. The predicted octanol–water partition coefficient (Wildman–Crippen LogP) is 2.47. The van der Waals surface area contributed by atoms with Gasteiger partial charge in [-0.1, -0.05) is 18.5 Å². The van der Waals surface area contributed by atoms with Crippen LogP contribution in [0.25, 0.3) is 0 Å². The summed E-state index contributed by atoms with van der Waals surface area (Å²) in [5, 5.41) is 2.81. The van der Waals surface area contributed by atoms with Gasteiger partial charge in [0.15, 0.2) is 0 Å². The summed E-state index contributed by atoms with van der Waals surface area (Å²) in [5.74, 6) is -0.611. The van der Waals surface area contributed by atoms with Crippen LogP contribution < -0.4 is 19.1 Å². The van der Waals surface area contributed by atoms with Crippen LogP contribution in [0.4, 0.5) is 5.69 Å². The molecular formula is C20H21ClN2O6S. The Morgan fingerprint density at radius 3 is 2.47 bits per heavy atom. The lowest BCUT2D eigenvalue weighted by molar-refractivity contribution is -0.119. The lowest BCUT2D eigenvalue weighted by atomic mass is 10.1. The zero-order valence-electron chi connectivity index (χ0n) is 16.4. The number of sulfonamides is 1. The molecule has 1 unspecified atom stereocenters. The number of methoxy groups -OCH3 is 1. The van der Waals surface area contributed by atoms with Crippen molar-refractivity contribution in [2.45, 2.75) is 6.92 Å². The lowest BCUT2D eigenvalue weighted by Gasteiger charge is -2.17. The quantitative estimate of drug-likeness (QED) is 0.647. The van der Waals surface area contributed by atoms with Gasteiger partial charge in [-0.05, 0) is 42.5 Å². The fourth-order valence-electron chi connectivity index (χ4n) is 3.00. The third-order valence-corrected chi connectivity index (χ3v) is 6.70. The number of carbonyl (C=O) groups excluding carboxylic acids is 2. The Kier molecular flexibility index (Phi) is 6.52. The molecule has 0 aromatic heterocycles. The SMILES string of the molecule is COc1ccc(OCCNC(=O)c2cc(N3C(=O)C(C)CS3(=O)=O)ccc2Cl)cc1. The maximum Gasteiger partial charge on any atom is 0.252 e. The van der Waals surface area contributed by atoms with Crippen molar-refractivity contribution in [1.29, 1.82) is 0 Å². The maximum atomic E-state index is 12.5. The minimum atomic E-state index is -3.77. The van der Waals surface area contributed by atoms with Gasteiger partial charge in [0.1, 0.15) is 18.1 Å². The molecule has 2 aromatic rings. The van der Waals surface area contributed by atoms with Crippen LogP contribution in [-0.2, 0) is 14.8 Å². The van der Waals surface area contributed by atoms with Gasteiger partial charge in [-0.15, -0.1) is 0 Å². The number of nitrogens with one attached hydrogen (secondary N) is 1. The summed E-state index contributed by atoms with van der Waals surface area (Å²) in [5.41, 5.74) is 0.162. The molecule has 2 amide bonds. The number of hydrogen-bond acceptors (Lipinski definition) is 6. The molecule has 1 N–H and O–H groups in total. The van der Waals surface area contributed by atoms with Crippen molar-refractivity contribution in [3.8, 4) is 11.5 Å². The second kappa shape index (κ2) is 8.93. The molecule has 0 spiro atoms. The van der Waals surface area contributed by atoms with E-state index in [0.717, 1.165) is 4.31 Å². The zero-order chi connectivity index (χ0) is 21.9. The molecule has 1 atom stereocenters. The smallest absolute Gasteiger partial charge is 0.252 e. The summed E-state index contributed by atoms with van der Waals surface area (Å²) in [6.45, 7) is 1.96. The molecule has 1 fully saturated rings. The molecule has 160 valence electrons. The van der Waals surface area contributed by atoms with E-state index in [-0.39, 0.29) is 35.2 Å². The first-order valence-electron chi connectivity index (χ1n) is 9.14. The van der Waals surface area contributed by atoms with E-state index in [1.165, 1.54) is 18.2 Å². The summed E-state index contributed by atoms with van der Waals surface area (Å²) in [4.78, 5) is 24.8. The topological polar surface area (TPSA) is 102 Å². The number of carbonyl (C=O) groups is 2. The van der Waals surface area contributed by atoms with Crippen LogP contribution in [0.2, 0.25) is 5.02 Å². The van der Waals surface area contributed by atoms with Crippen LogP contribution in [0.5, 0.6) is 11.5 Å². The number of halogens is 1. The molecule has 10 heteroatoms. The Morgan fingerprint density at radius 2 is 1.87 bits per heavy atom. The summed E-state index contributed by atoms with van der Waals surface area (Å²) < 4.78 is 35.9. The lowest BCUT2D eigenvalue weighted by Crippen LogP contribution is -2.31. The van der Waals surface area contributed by atoms with Crippen molar-refractivity contribution >= 4 is 39.1 Å². The van der Waals surface area contributed by atoms with Crippen molar-refractivity contribution in [3.05, 3.63) is 53.1 Å². The van der Waals surface area contributed by atoms with Gasteiger partial charge in [-0.25, -0.2) is 12.7 Å². The fraction of sp³-hybridized carbons (Fsp3) is 0.300. The van der Waals surface area contributed by atoms with Crippen LogP contribution in [0, 0.1) is 5.92 Å². The van der Waals surface area contributed by atoms with E-state index in [0.29, 0.717) is 11.5 Å². The van der Waals surface area contributed by atoms with E-state index < -0.39 is 27.8 Å². The largest absolute Gasteiger partial charge is 0.497 e. The molecule has 3 rings (SSSR count). The summed E-state index contributed by atoms with van der Waals surface area (Å²) >= 11 is 6.11. The van der Waals surface area contributed by atoms with Crippen molar-refractivity contribution in [3.63, 3.8) is 0 Å². The number of amides is 2. The molecule has 0 aliphatic carbocycles. The molecular weight excluding hydrogens is 432 g/mol. The Bertz CT molecular complexity index is 1060. The highest BCUT2D eigenvalue weighted by atomic mass is 35.5. The summed E-state index contributed by atoms with van der Waals surface area (Å²) in [6.07, 6.45) is 0. The third kappa shape index (κ3) is 4.68. The van der Waals surface area contributed by atoms with E-state index in [1.807, 2.05) is 0 Å². The normalized spacial score (nSPS) is 17.6. The van der Waals surface area contributed by atoms with Gasteiger partial charge in [0.2, 0.25) is 15.9 Å². The number of anilines is 1. The average molecular weight is 453 g/mol. The molecule has 8 nitrogen and oxygen atoms in total. The second-order valence-electron chi connectivity index (χ2n) is 6.73. The Balaban J connectivity index is 1.64. The number of benzene rings is 2. The van der Waals surface area contributed by atoms with Gasteiger partial charge in [-0.2, -0.15) is 0 Å². The van der Waals surface area contributed by atoms with Crippen LogP contribution in [0.3, 0.4) is 0 Å². The van der Waals surface area contributed by atoms with Crippen molar-refractivity contribution in [1.82, 2.24) is 5.32 Å². The van der Waals surface area contributed by atoms with Gasteiger partial charge in [0.05, 0.1) is 41.6 Å². The first-order valence-corrected chi connectivity index (χ1v) is 11.1. The second-order valence-corrected chi connectivity index (χ2v) is 9.00. The molecule has 30 heavy (non-hydrogen) atoms. The highest BCUT2D eigenvalue weighted by molar-refractivity contribution is 7.94. The van der Waals surface area contributed by atoms with E-state index in [4.69, 9.17) is 21.1 Å². The molecule has 0 bridgehead atoms. The van der Waals surface area contributed by atoms with Gasteiger partial charge in [0, 0.05) is 0 Å². The number of ether oxygens (including phenoxy) is 2. The van der Waals surface area contributed by atoms with Crippen molar-refractivity contribution in [2.75, 3.05) is 30.3 Å². The van der Waals surface area contributed by atoms with Crippen molar-refractivity contribution in [2.24, 2.45) is 5.92 Å². The maximum absolute atomic E-state index is 12.5. The summed E-state index contributed by atoms with van der Waals surface area (Å²) in [7, 11) is -2.20. The molecule has 1 heterocycles. The predicted molar refractivity (Wildman–Crippen MR) is 113 cm³/mol. The molecule has 2 aromatic carbocycles. The van der Waals surface area contributed by atoms with Gasteiger partial charge >= 0.3 is 0 Å². The van der Waals surface area contributed by atoms with E-state index in [9.17, 15) is 18.0 Å². The zero-order valence-corrected chi connectivity index (χ0v) is 18.0. The highest BCUT2D eigenvalue weighted by Gasteiger charge is 2.42. The first kappa shape index (κ1) is 21.9. The minimum Gasteiger partial charge on any atom is -0.497 e. The minimum absolute atomic E-state index is 0.0705. The Labute approximate surface area is 179 Å². The molecule has 1 aliphatic rings. The van der Waals surface area contributed by atoms with Crippen LogP contribution in [0.1, 0.15) is 17.3 Å². The van der Waals surface area contributed by atoms with E-state index >= 15 is 0 Å². The molecule has 1 aliphatic heterocycles. The molecule has 0 radical (unpaired) electrons. The highest BCUT2D eigenvalue weighted by Crippen LogP contribution is 2.31. The average Bonchev–Trinajstić information content (AvgIpc) is 2.92. The van der Waals surface area contributed by atoms with Crippen LogP contribution >= 0.6 is 11.6 Å². The number of hydrogen-bond donors (Lipinski definition) is 1. The van der Waals surface area contributed by atoms with Crippen LogP contribution in [-0.4, -0.2) is 46.2 Å². The van der Waals surface area contributed by atoms with Crippen molar-refractivity contribution < 1.29 is 27.5 Å². The monoisotopic (exact) mass is 452 g/mol. The van der Waals surface area contributed by atoms with Crippen LogP contribution in [0.15, 0.2) is 42.5 Å². The van der Waals surface area contributed by atoms with Gasteiger partial charge < -0.3 is 14.8 Å². The molecule has 1 saturated heterocycles.